The van der Waals surface area contributed by atoms with Gasteiger partial charge in [0.25, 0.3) is 0 Å². The van der Waals surface area contributed by atoms with Gasteiger partial charge in [-0.3, -0.25) is 9.69 Å². The van der Waals surface area contributed by atoms with Crippen molar-refractivity contribution in [3.63, 3.8) is 0 Å². The first-order chi connectivity index (χ1) is 11.0. The van der Waals surface area contributed by atoms with Crippen LogP contribution in [0.1, 0.15) is 25.0 Å². The summed E-state index contributed by atoms with van der Waals surface area (Å²) in [6.45, 7) is 1.82. The lowest BCUT2D eigenvalue weighted by Gasteiger charge is -2.34. The Labute approximate surface area is 136 Å². The Morgan fingerprint density at radius 1 is 1.26 bits per heavy atom. The minimum absolute atomic E-state index is 0.0223. The number of nitrogens with one attached hydrogen (secondary N) is 1. The average molecular weight is 338 g/mol. The van der Waals surface area contributed by atoms with Gasteiger partial charge in [-0.15, -0.1) is 0 Å². The highest BCUT2D eigenvalue weighted by Crippen LogP contribution is 2.22. The summed E-state index contributed by atoms with van der Waals surface area (Å²) >= 11 is 0. The zero-order chi connectivity index (χ0) is 16.3. The summed E-state index contributed by atoms with van der Waals surface area (Å²) in [6.07, 6.45) is 7.88. The molecule has 1 aromatic heterocycles. The number of piperidine rings is 1. The number of likely N-dealkylation sites (tertiary alicyclic amines) is 1. The van der Waals surface area contributed by atoms with Gasteiger partial charge in [-0.2, -0.15) is 0 Å². The molecule has 0 aliphatic carbocycles. The first-order valence-electron chi connectivity index (χ1n) is 8.00. The molecule has 1 N–H and O–H groups in total. The third-order valence-corrected chi connectivity index (χ3v) is 6.17. The number of rotatable bonds is 4. The van der Waals surface area contributed by atoms with Gasteiger partial charge in [-0.25, -0.2) is 8.42 Å². The molecule has 1 aromatic rings. The summed E-state index contributed by atoms with van der Waals surface area (Å²) in [5.74, 6) is 0.464. The highest BCUT2D eigenvalue weighted by molar-refractivity contribution is 7.91. The Bertz CT molecular complexity index is 660. The molecule has 2 fully saturated rings. The van der Waals surface area contributed by atoms with Crippen molar-refractivity contribution in [1.82, 2.24) is 10.2 Å². The molecule has 23 heavy (non-hydrogen) atoms. The lowest BCUT2D eigenvalue weighted by Crippen LogP contribution is -2.52. The van der Waals surface area contributed by atoms with Crippen molar-refractivity contribution in [1.29, 1.82) is 0 Å². The fourth-order valence-corrected chi connectivity index (χ4v) is 5.30. The second-order valence-corrected chi connectivity index (χ2v) is 8.36. The molecule has 2 saturated heterocycles. The molecule has 2 unspecified atom stereocenters. The minimum atomic E-state index is -3.10. The summed E-state index contributed by atoms with van der Waals surface area (Å²) in [6, 6.07) is 3.04. The van der Waals surface area contributed by atoms with E-state index >= 15 is 0 Å². The van der Waals surface area contributed by atoms with E-state index in [0.717, 1.165) is 25.9 Å². The average Bonchev–Trinajstić information content (AvgIpc) is 3.13. The first-order valence-corrected chi connectivity index (χ1v) is 9.82. The third kappa shape index (κ3) is 4.23. The van der Waals surface area contributed by atoms with Gasteiger partial charge in [-0.1, -0.05) is 6.42 Å². The number of amides is 1. The predicted molar refractivity (Wildman–Crippen MR) is 87.5 cm³/mol. The molecule has 0 radical (unpaired) electrons. The van der Waals surface area contributed by atoms with E-state index in [1.54, 1.807) is 18.2 Å². The summed E-state index contributed by atoms with van der Waals surface area (Å²) in [4.78, 5) is 14.3. The lowest BCUT2D eigenvalue weighted by atomic mass is 10.0. The van der Waals surface area contributed by atoms with Crippen LogP contribution in [0.25, 0.3) is 6.08 Å². The van der Waals surface area contributed by atoms with Crippen LogP contribution in [0.5, 0.6) is 0 Å². The van der Waals surface area contributed by atoms with Crippen molar-refractivity contribution in [2.45, 2.75) is 31.3 Å². The second-order valence-electron chi connectivity index (χ2n) is 6.20. The number of sulfone groups is 1. The molecular weight excluding hydrogens is 316 g/mol. The molecule has 126 valence electrons. The molecule has 6 nitrogen and oxygen atoms in total. The first kappa shape index (κ1) is 16.3. The molecule has 0 aromatic carbocycles. The van der Waals surface area contributed by atoms with Crippen molar-refractivity contribution in [2.75, 3.05) is 24.6 Å². The fraction of sp³-hybridized carbons (Fsp3) is 0.562. The van der Waals surface area contributed by atoms with E-state index in [9.17, 15) is 13.2 Å². The van der Waals surface area contributed by atoms with Gasteiger partial charge >= 0.3 is 0 Å². The largest absolute Gasteiger partial charge is 0.465 e. The van der Waals surface area contributed by atoms with Gasteiger partial charge in [-0.05, 0) is 44.1 Å². The standard InChI is InChI=1S/C16H22N2O4S/c19-16(7-6-13-5-4-10-22-13)17-14-11-23(20,21)12-15(14)18-8-2-1-3-9-18/h4-7,10,14-15H,1-3,8-9,11-12H2,(H,17,19). The van der Waals surface area contributed by atoms with E-state index in [1.165, 1.54) is 18.8 Å². The van der Waals surface area contributed by atoms with Crippen LogP contribution in [0.4, 0.5) is 0 Å². The molecule has 1 amide bonds. The van der Waals surface area contributed by atoms with Crippen molar-refractivity contribution in [3.8, 4) is 0 Å². The van der Waals surface area contributed by atoms with Crippen molar-refractivity contribution in [2.24, 2.45) is 0 Å². The Balaban J connectivity index is 1.65. The normalized spacial score (nSPS) is 28.2. The van der Waals surface area contributed by atoms with Crippen LogP contribution >= 0.6 is 0 Å². The maximum Gasteiger partial charge on any atom is 0.244 e. The molecule has 2 aliphatic heterocycles. The zero-order valence-corrected chi connectivity index (χ0v) is 13.8. The van der Waals surface area contributed by atoms with Crippen LogP contribution in [0, 0.1) is 0 Å². The topological polar surface area (TPSA) is 79.6 Å². The Kier molecular flexibility index (Phi) is 4.87. The van der Waals surface area contributed by atoms with Gasteiger partial charge in [0.1, 0.15) is 5.76 Å². The lowest BCUT2D eigenvalue weighted by molar-refractivity contribution is -0.117. The van der Waals surface area contributed by atoms with E-state index in [1.807, 2.05) is 0 Å². The molecule has 3 rings (SSSR count). The van der Waals surface area contributed by atoms with Crippen LogP contribution in [-0.2, 0) is 14.6 Å². The zero-order valence-electron chi connectivity index (χ0n) is 13.0. The number of carbonyl (C=O) groups excluding carboxylic acids is 1. The van der Waals surface area contributed by atoms with Crippen LogP contribution in [-0.4, -0.2) is 55.9 Å². The van der Waals surface area contributed by atoms with Crippen molar-refractivity contribution < 1.29 is 17.6 Å². The SMILES string of the molecule is O=C(C=Cc1ccco1)NC1CS(=O)(=O)CC1N1CCCCC1. The molecule has 2 aliphatic rings. The Morgan fingerprint density at radius 3 is 2.74 bits per heavy atom. The van der Waals surface area contributed by atoms with Gasteiger partial charge in [0.05, 0.1) is 23.8 Å². The molecule has 0 spiro atoms. The monoisotopic (exact) mass is 338 g/mol. The van der Waals surface area contributed by atoms with Crippen molar-refractivity contribution in [3.05, 3.63) is 30.2 Å². The molecule has 0 saturated carbocycles. The summed E-state index contributed by atoms with van der Waals surface area (Å²) in [7, 11) is -3.10. The quantitative estimate of drug-likeness (QED) is 0.831. The molecule has 7 heteroatoms. The highest BCUT2D eigenvalue weighted by Gasteiger charge is 2.41. The maximum absolute atomic E-state index is 12.1. The van der Waals surface area contributed by atoms with E-state index < -0.39 is 9.84 Å². The number of hydrogen-bond donors (Lipinski definition) is 1. The van der Waals surface area contributed by atoms with Crippen LogP contribution in [0.2, 0.25) is 0 Å². The summed E-state index contributed by atoms with van der Waals surface area (Å²) in [5.41, 5.74) is 0. The number of carbonyl (C=O) groups is 1. The smallest absolute Gasteiger partial charge is 0.244 e. The van der Waals surface area contributed by atoms with Gasteiger partial charge in [0.2, 0.25) is 5.91 Å². The highest BCUT2D eigenvalue weighted by atomic mass is 32.2. The van der Waals surface area contributed by atoms with Gasteiger partial charge in [0.15, 0.2) is 9.84 Å². The second kappa shape index (κ2) is 6.88. The molecule has 0 bridgehead atoms. The molecule has 3 heterocycles. The predicted octanol–water partition coefficient (Wildman–Crippen LogP) is 1.06. The number of nitrogens with zero attached hydrogens (tertiary/aromatic N) is 1. The minimum Gasteiger partial charge on any atom is -0.465 e. The van der Waals surface area contributed by atoms with E-state index in [4.69, 9.17) is 4.42 Å². The Hall–Kier alpha value is -1.60. The van der Waals surface area contributed by atoms with E-state index in [2.05, 4.69) is 10.2 Å². The number of furan rings is 1. The molecular formula is C16H22N2O4S. The van der Waals surface area contributed by atoms with E-state index in [0.29, 0.717) is 5.76 Å². The van der Waals surface area contributed by atoms with Crippen LogP contribution < -0.4 is 5.32 Å². The van der Waals surface area contributed by atoms with E-state index in [-0.39, 0.29) is 29.5 Å². The van der Waals surface area contributed by atoms with Crippen molar-refractivity contribution >= 4 is 21.8 Å². The maximum atomic E-state index is 12.1. The summed E-state index contributed by atoms with van der Waals surface area (Å²) in [5, 5.41) is 2.86. The van der Waals surface area contributed by atoms with Gasteiger partial charge in [0, 0.05) is 12.1 Å². The summed E-state index contributed by atoms with van der Waals surface area (Å²) < 4.78 is 29.2. The third-order valence-electron chi connectivity index (χ3n) is 4.45. The van der Waals surface area contributed by atoms with Crippen LogP contribution in [0.3, 0.4) is 0 Å². The Morgan fingerprint density at radius 2 is 2.04 bits per heavy atom. The van der Waals surface area contributed by atoms with Gasteiger partial charge < -0.3 is 9.73 Å². The van der Waals surface area contributed by atoms with Crippen LogP contribution in [0.15, 0.2) is 28.9 Å². The fourth-order valence-electron chi connectivity index (χ4n) is 3.35. The number of hydrogen-bond acceptors (Lipinski definition) is 5. The molecule has 2 atom stereocenters.